The molecule has 0 aliphatic carbocycles. The second-order valence-electron chi connectivity index (χ2n) is 20.4. The number of aromatic carboxylic acids is 1. The number of methoxy groups -OCH3 is 1. The highest BCUT2D eigenvalue weighted by Crippen LogP contribution is 2.47. The van der Waals surface area contributed by atoms with Gasteiger partial charge in [-0.15, -0.1) is 0 Å². The molecule has 3 aliphatic rings. The van der Waals surface area contributed by atoms with Crippen LogP contribution in [0.2, 0.25) is 0 Å². The fourth-order valence-electron chi connectivity index (χ4n) is 10.9. The van der Waals surface area contributed by atoms with Crippen LogP contribution in [0.3, 0.4) is 0 Å². The van der Waals surface area contributed by atoms with Crippen LogP contribution in [-0.4, -0.2) is 81.6 Å². The van der Waals surface area contributed by atoms with Gasteiger partial charge in [-0.3, -0.25) is 9.79 Å². The maximum atomic E-state index is 14.1. The zero-order valence-electron chi connectivity index (χ0n) is 42.1. The fourth-order valence-corrected chi connectivity index (χ4v) is 10.9. The molecule has 0 radical (unpaired) electrons. The number of aromatic nitrogens is 4. The van der Waals surface area contributed by atoms with Crippen LogP contribution in [0.5, 0.6) is 0 Å². The highest BCUT2D eigenvalue weighted by atomic mass is 19.1. The third kappa shape index (κ3) is 9.22. The number of nitrogens with zero attached hydrogens (tertiary/aromatic N) is 5. The van der Waals surface area contributed by atoms with E-state index < -0.39 is 17.4 Å². The van der Waals surface area contributed by atoms with Crippen LogP contribution in [0.1, 0.15) is 106 Å². The average molecular weight is 1010 g/mol. The monoisotopic (exact) mass is 1010 g/mol. The molecule has 3 aliphatic heterocycles. The van der Waals surface area contributed by atoms with Gasteiger partial charge in [0.1, 0.15) is 11.6 Å². The number of ether oxygens (including phenoxy) is 3. The van der Waals surface area contributed by atoms with Crippen LogP contribution in [0.15, 0.2) is 133 Å². The number of carbonyl (C=O) groups is 3. The molecule has 380 valence electrons. The number of esters is 1. The number of halogens is 2. The zero-order valence-corrected chi connectivity index (χ0v) is 42.1. The van der Waals surface area contributed by atoms with Gasteiger partial charge in [0.2, 0.25) is 0 Å². The van der Waals surface area contributed by atoms with Crippen LogP contribution in [-0.2, 0) is 20.8 Å². The number of aliphatic imine (C=N–C) groups is 1. The Bertz CT molecular complexity index is 3690. The molecule has 12 rings (SSSR count). The molecule has 0 bridgehead atoms. The first-order valence-electron chi connectivity index (χ1n) is 25.3. The van der Waals surface area contributed by atoms with Crippen molar-refractivity contribution in [3.8, 4) is 33.6 Å². The molecule has 6 heterocycles. The van der Waals surface area contributed by atoms with Gasteiger partial charge in [0.25, 0.3) is 5.91 Å². The number of carboxylic acid groups (broad SMARTS) is 1. The largest absolute Gasteiger partial charge is 0.478 e. The molecule has 0 spiro atoms. The Kier molecular flexibility index (Phi) is 13.1. The first kappa shape index (κ1) is 49.2. The predicted molar refractivity (Wildman–Crippen MR) is 286 cm³/mol. The van der Waals surface area contributed by atoms with Gasteiger partial charge in [0, 0.05) is 99.9 Å². The van der Waals surface area contributed by atoms with Crippen molar-refractivity contribution in [3.05, 3.63) is 173 Å². The first-order chi connectivity index (χ1) is 36.3. The van der Waals surface area contributed by atoms with E-state index in [1.54, 1.807) is 42.6 Å². The van der Waals surface area contributed by atoms with Crippen molar-refractivity contribution in [3.63, 3.8) is 0 Å². The Hall–Kier alpha value is -8.07. The summed E-state index contributed by atoms with van der Waals surface area (Å²) in [4.78, 5) is 41.4. The topological polar surface area (TPSA) is 139 Å². The highest BCUT2D eigenvalue weighted by Gasteiger charge is 2.32. The van der Waals surface area contributed by atoms with E-state index in [0.29, 0.717) is 38.5 Å². The zero-order chi connectivity index (χ0) is 52.1. The molecule has 3 aromatic heterocycles. The SMILES string of the molecule is COC(=O)c1ccc(-c2c(C3CCOCC3)n(-c3ccc(F)cc3)c3cc4cnn(C(=O)C(C)(C)C)c4cc23)cc1.O=C(O)c1ccc(-c2c(C3CCOCC3)n(-c3ccc(F)cc3)c3cc4c(cc23)CN=C4)cc1. The normalized spacial score (nSPS) is 15.1. The van der Waals surface area contributed by atoms with Crippen molar-refractivity contribution < 1.29 is 42.5 Å². The van der Waals surface area contributed by atoms with Crippen molar-refractivity contribution >= 4 is 56.8 Å². The standard InChI is InChI=1S/C33H32FN3O4.C28H23FN2O3/c1-33(2,3)32(39)37-27-18-26-28(17-23(27)19-35-37)36(25-11-9-24(34)10-12-25)30(21-13-15-41-16-14-21)29(26)20-5-7-22(8-6-20)31(38)40-4;29-22-5-7-23(8-6-22)31-25-14-21-16-30-15-20(21)13-24(25)26(27(31)18-9-11-34-12-10-18)17-1-3-19(4-2-17)28(32)33/h5-12,17-19,21H,13-16H2,1-4H3;1-8,13-14,16,18H,9-12,15H2,(H,32,33). The van der Waals surface area contributed by atoms with Crippen LogP contribution in [0, 0.1) is 17.0 Å². The maximum absolute atomic E-state index is 14.1. The number of hydrogen-bond donors (Lipinski definition) is 1. The fraction of sp³-hybridized carbons (Fsp3) is 0.262. The second-order valence-corrected chi connectivity index (χ2v) is 20.4. The molecule has 2 saturated heterocycles. The lowest BCUT2D eigenvalue weighted by Gasteiger charge is -2.26. The van der Waals surface area contributed by atoms with Crippen molar-refractivity contribution in [2.45, 2.75) is 64.8 Å². The van der Waals surface area contributed by atoms with Crippen LogP contribution < -0.4 is 0 Å². The number of rotatable bonds is 8. The molecule has 9 aromatic rings. The maximum Gasteiger partial charge on any atom is 0.337 e. The van der Waals surface area contributed by atoms with Gasteiger partial charge in [0.15, 0.2) is 0 Å². The van der Waals surface area contributed by atoms with E-state index in [-0.39, 0.29) is 34.9 Å². The van der Waals surface area contributed by atoms with E-state index in [1.165, 1.54) is 41.6 Å². The summed E-state index contributed by atoms with van der Waals surface area (Å²) in [5, 5.41) is 16.7. The van der Waals surface area contributed by atoms with Gasteiger partial charge in [-0.2, -0.15) is 9.78 Å². The van der Waals surface area contributed by atoms with Crippen molar-refractivity contribution in [2.75, 3.05) is 33.5 Å². The molecular weight excluding hydrogens is 953 g/mol. The van der Waals surface area contributed by atoms with Gasteiger partial charge >= 0.3 is 11.9 Å². The molecule has 0 unspecified atom stereocenters. The number of carboxylic acids is 1. The third-order valence-corrected chi connectivity index (χ3v) is 14.7. The second kappa shape index (κ2) is 20.0. The highest BCUT2D eigenvalue weighted by molar-refractivity contribution is 6.08. The van der Waals surface area contributed by atoms with Gasteiger partial charge in [-0.05, 0) is 145 Å². The quantitative estimate of drug-likeness (QED) is 0.148. The van der Waals surface area contributed by atoms with Crippen molar-refractivity contribution in [1.29, 1.82) is 0 Å². The lowest BCUT2D eigenvalue weighted by atomic mass is 9.89. The predicted octanol–water partition coefficient (Wildman–Crippen LogP) is 13.1. The third-order valence-electron chi connectivity index (χ3n) is 14.7. The number of carbonyl (C=O) groups excluding carboxylic acids is 2. The Morgan fingerprint density at radius 1 is 0.640 bits per heavy atom. The van der Waals surface area contributed by atoms with E-state index in [9.17, 15) is 28.3 Å². The van der Waals surface area contributed by atoms with Crippen LogP contribution in [0.25, 0.3) is 66.3 Å². The van der Waals surface area contributed by atoms with E-state index in [0.717, 1.165) is 109 Å². The molecular formula is C61H55F2N5O7. The number of hydrogen-bond acceptors (Lipinski definition) is 8. The smallest absolute Gasteiger partial charge is 0.337 e. The molecule has 0 amide bonds. The molecule has 14 heteroatoms. The molecule has 12 nitrogen and oxygen atoms in total. The summed E-state index contributed by atoms with van der Waals surface area (Å²) in [7, 11) is 1.36. The molecule has 75 heavy (non-hydrogen) atoms. The Balaban J connectivity index is 0.000000163. The summed E-state index contributed by atoms with van der Waals surface area (Å²) in [5.74, 6) is -1.60. The first-order valence-corrected chi connectivity index (χ1v) is 25.3. The minimum absolute atomic E-state index is 0.0987. The minimum Gasteiger partial charge on any atom is -0.478 e. The van der Waals surface area contributed by atoms with Crippen LogP contribution in [0.4, 0.5) is 8.78 Å². The number of fused-ring (bicyclic) bond motifs is 4. The molecule has 1 N–H and O–H groups in total. The minimum atomic E-state index is -0.945. The molecule has 2 fully saturated rings. The Morgan fingerprint density at radius 2 is 1.13 bits per heavy atom. The van der Waals surface area contributed by atoms with E-state index in [1.807, 2.05) is 69.5 Å². The van der Waals surface area contributed by atoms with Gasteiger partial charge in [-0.25, -0.2) is 18.4 Å². The van der Waals surface area contributed by atoms with E-state index >= 15 is 0 Å². The summed E-state index contributed by atoms with van der Waals surface area (Å²) in [6.07, 6.45) is 7.07. The van der Waals surface area contributed by atoms with Gasteiger partial charge in [0.05, 0.1) is 47.5 Å². The Labute approximate surface area is 431 Å². The van der Waals surface area contributed by atoms with Crippen molar-refractivity contribution in [1.82, 2.24) is 18.9 Å². The molecule has 6 aromatic carbocycles. The Morgan fingerprint density at radius 3 is 1.63 bits per heavy atom. The summed E-state index contributed by atoms with van der Waals surface area (Å²) >= 11 is 0. The van der Waals surface area contributed by atoms with Gasteiger partial charge < -0.3 is 28.5 Å². The van der Waals surface area contributed by atoms with Crippen LogP contribution >= 0.6 is 0 Å². The lowest BCUT2D eigenvalue weighted by molar-refractivity contribution is 0.0599. The summed E-state index contributed by atoms with van der Waals surface area (Å²) in [6, 6.07) is 36.1. The molecule has 0 saturated carbocycles. The average Bonchev–Trinajstić information content (AvgIpc) is 4.24. The summed E-state index contributed by atoms with van der Waals surface area (Å²) < 4.78 is 50.1. The van der Waals surface area contributed by atoms with Gasteiger partial charge in [-0.1, -0.05) is 45.0 Å². The van der Waals surface area contributed by atoms with E-state index in [2.05, 4.69) is 37.4 Å². The number of benzene rings is 6. The summed E-state index contributed by atoms with van der Waals surface area (Å²) in [6.45, 7) is 8.96. The van der Waals surface area contributed by atoms with E-state index in [4.69, 9.17) is 14.2 Å². The summed E-state index contributed by atoms with van der Waals surface area (Å²) in [5.41, 5.74) is 13.1. The lowest BCUT2D eigenvalue weighted by Crippen LogP contribution is -2.27. The van der Waals surface area contributed by atoms with Crippen molar-refractivity contribution in [2.24, 2.45) is 10.4 Å². The molecule has 0 atom stereocenters.